The fraction of sp³-hybridized carbons (Fsp3) is 0.667. The van der Waals surface area contributed by atoms with Crippen LogP contribution in [0.15, 0.2) is 12.1 Å². The minimum absolute atomic E-state index is 0.231. The molecule has 1 saturated carbocycles. The summed E-state index contributed by atoms with van der Waals surface area (Å²) in [4.78, 5) is 2.41. The third-order valence-electron chi connectivity index (χ3n) is 4.39. The molecule has 0 unspecified atom stereocenters. The fourth-order valence-corrected chi connectivity index (χ4v) is 3.32. The molecule has 0 heterocycles. The molecule has 2 rings (SSSR count). The van der Waals surface area contributed by atoms with Gasteiger partial charge in [-0.3, -0.25) is 0 Å². The topological polar surface area (TPSA) is 23.5 Å². The van der Waals surface area contributed by atoms with Crippen molar-refractivity contribution >= 4 is 5.69 Å². The maximum absolute atomic E-state index is 13.9. The quantitative estimate of drug-likeness (QED) is 0.858. The summed E-state index contributed by atoms with van der Waals surface area (Å²) in [5.74, 6) is 0.309. The molecular weight excluding hydrogens is 265 g/mol. The van der Waals surface area contributed by atoms with Gasteiger partial charge in [0.15, 0.2) is 0 Å². The van der Waals surface area contributed by atoms with E-state index < -0.39 is 6.10 Å². The summed E-state index contributed by atoms with van der Waals surface area (Å²) in [5.41, 5.74) is 2.39. The molecule has 1 aliphatic carbocycles. The van der Waals surface area contributed by atoms with Gasteiger partial charge < -0.3 is 10.0 Å². The van der Waals surface area contributed by atoms with Crippen LogP contribution in [0.4, 0.5) is 10.1 Å². The van der Waals surface area contributed by atoms with E-state index in [9.17, 15) is 9.50 Å². The van der Waals surface area contributed by atoms with Crippen molar-refractivity contribution in [1.29, 1.82) is 0 Å². The van der Waals surface area contributed by atoms with E-state index in [0.717, 1.165) is 12.2 Å². The number of halogens is 1. The van der Waals surface area contributed by atoms with E-state index in [2.05, 4.69) is 18.7 Å². The van der Waals surface area contributed by atoms with Crippen LogP contribution >= 0.6 is 0 Å². The Bertz CT molecular complexity index is 478. The number of aryl methyl sites for hydroxylation is 1. The Hall–Kier alpha value is -1.09. The third-order valence-corrected chi connectivity index (χ3v) is 4.39. The van der Waals surface area contributed by atoms with Gasteiger partial charge in [0.2, 0.25) is 0 Å². The predicted molar refractivity (Wildman–Crippen MR) is 86.2 cm³/mol. The highest BCUT2D eigenvalue weighted by molar-refractivity contribution is 5.57. The van der Waals surface area contributed by atoms with Gasteiger partial charge in [-0.25, -0.2) is 4.39 Å². The molecule has 0 saturated heterocycles. The number of hydrogen-bond donors (Lipinski definition) is 1. The standard InChI is InChI=1S/C18H28FNO/c1-12(2)11-20(15-7-5-6-8-15)18-9-13(3)17(19)10-16(18)14(4)21/h9-10,12,14-15,21H,5-8,11H2,1-4H3/t14-/m0/s1. The smallest absolute Gasteiger partial charge is 0.126 e. The van der Waals surface area contributed by atoms with E-state index in [-0.39, 0.29) is 5.82 Å². The molecule has 2 nitrogen and oxygen atoms in total. The molecule has 118 valence electrons. The number of hydrogen-bond acceptors (Lipinski definition) is 2. The van der Waals surface area contributed by atoms with Crippen molar-refractivity contribution in [3.05, 3.63) is 29.1 Å². The molecule has 21 heavy (non-hydrogen) atoms. The van der Waals surface area contributed by atoms with Crippen molar-refractivity contribution in [1.82, 2.24) is 0 Å². The van der Waals surface area contributed by atoms with Crippen LogP contribution in [0.25, 0.3) is 0 Å². The minimum Gasteiger partial charge on any atom is -0.389 e. The number of aliphatic hydroxyl groups is 1. The summed E-state index contributed by atoms with van der Waals surface area (Å²) in [5, 5.41) is 10.1. The summed E-state index contributed by atoms with van der Waals surface area (Å²) in [6, 6.07) is 3.95. The van der Waals surface area contributed by atoms with E-state index in [1.54, 1.807) is 13.8 Å². The van der Waals surface area contributed by atoms with Gasteiger partial charge in [-0.1, -0.05) is 26.7 Å². The highest BCUT2D eigenvalue weighted by Crippen LogP contribution is 2.35. The molecule has 1 aromatic carbocycles. The maximum atomic E-state index is 13.9. The Morgan fingerprint density at radius 1 is 1.24 bits per heavy atom. The normalized spacial score (nSPS) is 17.5. The SMILES string of the molecule is Cc1cc(N(CC(C)C)C2CCCC2)c([C@H](C)O)cc1F. The summed E-state index contributed by atoms with van der Waals surface area (Å²) < 4.78 is 13.9. The zero-order valence-corrected chi connectivity index (χ0v) is 13.7. The van der Waals surface area contributed by atoms with E-state index in [1.165, 1.54) is 31.7 Å². The zero-order chi connectivity index (χ0) is 15.6. The van der Waals surface area contributed by atoms with Gasteiger partial charge in [-0.15, -0.1) is 0 Å². The van der Waals surface area contributed by atoms with Crippen molar-refractivity contribution in [2.75, 3.05) is 11.4 Å². The van der Waals surface area contributed by atoms with Crippen LogP contribution in [0, 0.1) is 18.7 Å². The molecule has 0 aliphatic heterocycles. The number of anilines is 1. The molecule has 0 bridgehead atoms. The molecule has 1 fully saturated rings. The van der Waals surface area contributed by atoms with Crippen molar-refractivity contribution in [3.63, 3.8) is 0 Å². The number of rotatable bonds is 5. The molecule has 1 aromatic rings. The van der Waals surface area contributed by atoms with E-state index in [1.807, 2.05) is 6.07 Å². The second kappa shape index (κ2) is 6.78. The summed E-state index contributed by atoms with van der Waals surface area (Å²) in [6.07, 6.45) is 4.28. The first-order valence-corrected chi connectivity index (χ1v) is 8.15. The Kier molecular flexibility index (Phi) is 5.26. The van der Waals surface area contributed by atoms with Crippen LogP contribution in [0.5, 0.6) is 0 Å². The molecule has 1 atom stereocenters. The summed E-state index contributed by atoms with van der Waals surface area (Å²) in [6.45, 7) is 8.89. The average Bonchev–Trinajstić information content (AvgIpc) is 2.92. The van der Waals surface area contributed by atoms with Gasteiger partial charge in [0, 0.05) is 23.8 Å². The second-order valence-electron chi connectivity index (χ2n) is 6.82. The number of aliphatic hydroxyl groups excluding tert-OH is 1. The van der Waals surface area contributed by atoms with Crippen LogP contribution in [-0.2, 0) is 0 Å². The molecule has 0 amide bonds. The minimum atomic E-state index is -0.647. The summed E-state index contributed by atoms with van der Waals surface area (Å²) >= 11 is 0. The van der Waals surface area contributed by atoms with Gasteiger partial charge >= 0.3 is 0 Å². The molecule has 1 N–H and O–H groups in total. The van der Waals surface area contributed by atoms with E-state index >= 15 is 0 Å². The zero-order valence-electron chi connectivity index (χ0n) is 13.7. The first-order valence-electron chi connectivity index (χ1n) is 8.15. The van der Waals surface area contributed by atoms with Crippen LogP contribution in [0.2, 0.25) is 0 Å². The molecule has 0 spiro atoms. The van der Waals surface area contributed by atoms with E-state index in [0.29, 0.717) is 23.1 Å². The molecule has 0 radical (unpaired) electrons. The number of nitrogens with zero attached hydrogens (tertiary/aromatic N) is 1. The van der Waals surface area contributed by atoms with Crippen molar-refractivity contribution in [2.24, 2.45) is 5.92 Å². The van der Waals surface area contributed by atoms with Gasteiger partial charge in [-0.05, 0) is 50.3 Å². The fourth-order valence-electron chi connectivity index (χ4n) is 3.32. The van der Waals surface area contributed by atoms with Crippen LogP contribution in [0.1, 0.15) is 63.7 Å². The van der Waals surface area contributed by atoms with Crippen molar-refractivity contribution < 1.29 is 9.50 Å². The van der Waals surface area contributed by atoms with Gasteiger partial charge in [0.1, 0.15) is 5.82 Å². The van der Waals surface area contributed by atoms with Crippen molar-refractivity contribution in [3.8, 4) is 0 Å². The van der Waals surface area contributed by atoms with Crippen LogP contribution in [-0.4, -0.2) is 17.7 Å². The largest absolute Gasteiger partial charge is 0.389 e. The lowest BCUT2D eigenvalue weighted by Gasteiger charge is -2.35. The Morgan fingerprint density at radius 2 is 1.86 bits per heavy atom. The molecular formula is C18H28FNO. The average molecular weight is 293 g/mol. The highest BCUT2D eigenvalue weighted by atomic mass is 19.1. The Balaban J connectivity index is 2.44. The Morgan fingerprint density at radius 3 is 2.38 bits per heavy atom. The maximum Gasteiger partial charge on any atom is 0.126 e. The second-order valence-corrected chi connectivity index (χ2v) is 6.82. The lowest BCUT2D eigenvalue weighted by molar-refractivity contribution is 0.199. The third kappa shape index (κ3) is 3.76. The molecule has 0 aromatic heterocycles. The van der Waals surface area contributed by atoms with Gasteiger partial charge in [-0.2, -0.15) is 0 Å². The summed E-state index contributed by atoms with van der Waals surface area (Å²) in [7, 11) is 0. The molecule has 1 aliphatic rings. The monoisotopic (exact) mass is 293 g/mol. The van der Waals surface area contributed by atoms with E-state index in [4.69, 9.17) is 0 Å². The van der Waals surface area contributed by atoms with Gasteiger partial charge in [0.25, 0.3) is 0 Å². The van der Waals surface area contributed by atoms with Gasteiger partial charge in [0.05, 0.1) is 6.10 Å². The lowest BCUT2D eigenvalue weighted by atomic mass is 10.0. The first kappa shape index (κ1) is 16.3. The number of benzene rings is 1. The first-order chi connectivity index (χ1) is 9.90. The highest BCUT2D eigenvalue weighted by Gasteiger charge is 2.26. The lowest BCUT2D eigenvalue weighted by Crippen LogP contribution is -2.37. The van der Waals surface area contributed by atoms with Crippen LogP contribution in [0.3, 0.4) is 0 Å². The molecule has 3 heteroatoms. The van der Waals surface area contributed by atoms with Crippen LogP contribution < -0.4 is 4.90 Å². The Labute approximate surface area is 128 Å². The van der Waals surface area contributed by atoms with Crippen molar-refractivity contribution in [2.45, 2.75) is 65.5 Å². The predicted octanol–water partition coefficient (Wildman–Crippen LogP) is 4.59.